The Morgan fingerprint density at radius 2 is 1.91 bits per heavy atom. The zero-order valence-corrected chi connectivity index (χ0v) is 19.3. The average molecular weight is 451 g/mol. The number of nitrogens with one attached hydrogen (secondary N) is 1. The summed E-state index contributed by atoms with van der Waals surface area (Å²) in [5.41, 5.74) is 1.96. The molecule has 3 aromatic rings. The molecule has 0 aliphatic carbocycles. The summed E-state index contributed by atoms with van der Waals surface area (Å²) in [6.07, 6.45) is 2.74. The lowest BCUT2D eigenvalue weighted by Crippen LogP contribution is -2.33. The molecule has 0 spiro atoms. The standard InChI is InChI=1S/C26H30N2O5/c1-4-21(19-9-5-6-10-22(19)32-16-24(29)28-13-7-8-14-28)27-26(30)25-17(2)33-23-12-11-18(31-3)15-20(23)25/h5-6,9-12,15,21H,4,7-8,13-14,16H2,1-3H3,(H,27,30). The molecule has 1 aliphatic heterocycles. The summed E-state index contributed by atoms with van der Waals surface area (Å²) >= 11 is 0. The molecule has 7 nitrogen and oxygen atoms in total. The minimum absolute atomic E-state index is 0.00572. The van der Waals surface area contributed by atoms with Gasteiger partial charge in [-0.15, -0.1) is 0 Å². The lowest BCUT2D eigenvalue weighted by molar-refractivity contribution is -0.132. The summed E-state index contributed by atoms with van der Waals surface area (Å²) in [7, 11) is 1.59. The molecule has 1 atom stereocenters. The van der Waals surface area contributed by atoms with Crippen LogP contribution in [0.1, 0.15) is 53.9 Å². The Labute approximate surface area is 193 Å². The van der Waals surface area contributed by atoms with Gasteiger partial charge in [-0.25, -0.2) is 0 Å². The Balaban J connectivity index is 1.54. The lowest BCUT2D eigenvalue weighted by atomic mass is 10.0. The van der Waals surface area contributed by atoms with Crippen molar-refractivity contribution in [3.05, 3.63) is 59.4 Å². The number of methoxy groups -OCH3 is 1. The number of carbonyl (C=O) groups excluding carboxylic acids is 2. The summed E-state index contributed by atoms with van der Waals surface area (Å²) in [6.45, 7) is 5.36. The fourth-order valence-electron chi connectivity index (χ4n) is 4.34. The van der Waals surface area contributed by atoms with Gasteiger partial charge in [0.1, 0.15) is 22.8 Å². The Morgan fingerprint density at radius 1 is 1.15 bits per heavy atom. The SMILES string of the molecule is CCC(NC(=O)c1c(C)oc2ccc(OC)cc12)c1ccccc1OCC(=O)N1CCCC1. The van der Waals surface area contributed by atoms with Crippen LogP contribution in [0.25, 0.3) is 11.0 Å². The Bertz CT molecular complexity index is 1150. The number of amides is 2. The van der Waals surface area contributed by atoms with Gasteiger partial charge in [0.05, 0.1) is 18.7 Å². The number of rotatable bonds is 8. The predicted molar refractivity (Wildman–Crippen MR) is 126 cm³/mol. The van der Waals surface area contributed by atoms with Crippen molar-refractivity contribution in [2.75, 3.05) is 26.8 Å². The Morgan fingerprint density at radius 3 is 2.64 bits per heavy atom. The number of hydrogen-bond donors (Lipinski definition) is 1. The maximum absolute atomic E-state index is 13.3. The highest BCUT2D eigenvalue weighted by molar-refractivity contribution is 6.07. The van der Waals surface area contributed by atoms with Gasteiger partial charge in [-0.3, -0.25) is 9.59 Å². The van der Waals surface area contributed by atoms with Crippen LogP contribution in [0.2, 0.25) is 0 Å². The van der Waals surface area contributed by atoms with Gasteiger partial charge in [0.15, 0.2) is 6.61 Å². The molecule has 0 radical (unpaired) electrons. The van der Waals surface area contributed by atoms with Crippen LogP contribution in [0.4, 0.5) is 0 Å². The average Bonchev–Trinajstić information content (AvgIpc) is 3.48. The molecule has 1 unspecified atom stereocenters. The number of aryl methyl sites for hydroxylation is 1. The third-order valence-electron chi connectivity index (χ3n) is 6.12. The Hall–Kier alpha value is -3.48. The van der Waals surface area contributed by atoms with Gasteiger partial charge < -0.3 is 24.1 Å². The molecule has 1 N–H and O–H groups in total. The van der Waals surface area contributed by atoms with Gasteiger partial charge >= 0.3 is 0 Å². The molecule has 174 valence electrons. The predicted octanol–water partition coefficient (Wildman–Crippen LogP) is 4.63. The Kier molecular flexibility index (Phi) is 6.87. The van der Waals surface area contributed by atoms with Crippen LogP contribution in [-0.2, 0) is 4.79 Å². The first-order chi connectivity index (χ1) is 16.0. The van der Waals surface area contributed by atoms with Gasteiger partial charge in [-0.2, -0.15) is 0 Å². The van der Waals surface area contributed by atoms with Crippen LogP contribution in [-0.4, -0.2) is 43.5 Å². The molecule has 1 saturated heterocycles. The maximum atomic E-state index is 13.3. The van der Waals surface area contributed by atoms with Crippen molar-refractivity contribution in [2.45, 2.75) is 39.2 Å². The van der Waals surface area contributed by atoms with Crippen LogP contribution in [0.3, 0.4) is 0 Å². The van der Waals surface area contributed by atoms with Crippen LogP contribution < -0.4 is 14.8 Å². The molecule has 4 rings (SSSR count). The molecule has 2 amide bonds. The number of ether oxygens (including phenoxy) is 2. The molecule has 0 saturated carbocycles. The minimum Gasteiger partial charge on any atom is -0.497 e. The van der Waals surface area contributed by atoms with E-state index in [1.54, 1.807) is 26.2 Å². The second-order valence-corrected chi connectivity index (χ2v) is 8.24. The quantitative estimate of drug-likeness (QED) is 0.541. The number of carbonyl (C=O) groups is 2. The van der Waals surface area contributed by atoms with Crippen molar-refractivity contribution in [1.29, 1.82) is 0 Å². The van der Waals surface area contributed by atoms with E-state index in [2.05, 4.69) is 5.32 Å². The largest absolute Gasteiger partial charge is 0.497 e. The van der Waals surface area contributed by atoms with E-state index in [0.29, 0.717) is 40.2 Å². The van der Waals surface area contributed by atoms with E-state index in [0.717, 1.165) is 31.5 Å². The molecular formula is C26H30N2O5. The molecule has 1 aliphatic rings. The number of para-hydroxylation sites is 1. The van der Waals surface area contributed by atoms with E-state index in [4.69, 9.17) is 13.9 Å². The summed E-state index contributed by atoms with van der Waals surface area (Å²) in [6, 6.07) is 12.7. The number of hydrogen-bond acceptors (Lipinski definition) is 5. The van der Waals surface area contributed by atoms with Crippen LogP contribution in [0.5, 0.6) is 11.5 Å². The van der Waals surface area contributed by atoms with Crippen molar-refractivity contribution in [3.8, 4) is 11.5 Å². The van der Waals surface area contributed by atoms with E-state index in [-0.39, 0.29) is 24.5 Å². The van der Waals surface area contributed by atoms with Gasteiger partial charge in [0.25, 0.3) is 11.8 Å². The van der Waals surface area contributed by atoms with Crippen molar-refractivity contribution in [2.24, 2.45) is 0 Å². The normalized spacial score (nSPS) is 14.3. The van der Waals surface area contributed by atoms with Crippen LogP contribution >= 0.6 is 0 Å². The fraction of sp³-hybridized carbons (Fsp3) is 0.385. The fourth-order valence-corrected chi connectivity index (χ4v) is 4.34. The third-order valence-corrected chi connectivity index (χ3v) is 6.12. The number of benzene rings is 2. The second-order valence-electron chi connectivity index (χ2n) is 8.24. The zero-order chi connectivity index (χ0) is 23.4. The molecule has 1 fully saturated rings. The summed E-state index contributed by atoms with van der Waals surface area (Å²) in [5, 5.41) is 3.83. The van der Waals surface area contributed by atoms with E-state index in [1.165, 1.54) is 0 Å². The first kappa shape index (κ1) is 22.7. The van der Waals surface area contributed by atoms with E-state index >= 15 is 0 Å². The molecule has 1 aromatic heterocycles. The monoisotopic (exact) mass is 450 g/mol. The van der Waals surface area contributed by atoms with Crippen molar-refractivity contribution in [1.82, 2.24) is 10.2 Å². The van der Waals surface area contributed by atoms with Crippen LogP contribution in [0.15, 0.2) is 46.9 Å². The van der Waals surface area contributed by atoms with E-state index in [1.807, 2.05) is 42.2 Å². The van der Waals surface area contributed by atoms with Crippen LogP contribution in [0, 0.1) is 6.92 Å². The third kappa shape index (κ3) is 4.82. The van der Waals surface area contributed by atoms with E-state index in [9.17, 15) is 9.59 Å². The number of fused-ring (bicyclic) bond motifs is 1. The maximum Gasteiger partial charge on any atom is 0.260 e. The molecule has 33 heavy (non-hydrogen) atoms. The first-order valence-electron chi connectivity index (χ1n) is 11.4. The highest BCUT2D eigenvalue weighted by Crippen LogP contribution is 2.31. The summed E-state index contributed by atoms with van der Waals surface area (Å²) < 4.78 is 17.0. The molecule has 0 bridgehead atoms. The van der Waals surface area contributed by atoms with Gasteiger partial charge in [-0.1, -0.05) is 25.1 Å². The van der Waals surface area contributed by atoms with Gasteiger partial charge in [0, 0.05) is 24.0 Å². The molecule has 7 heteroatoms. The topological polar surface area (TPSA) is 81.0 Å². The number of likely N-dealkylation sites (tertiary alicyclic amines) is 1. The number of furan rings is 1. The minimum atomic E-state index is -0.287. The first-order valence-corrected chi connectivity index (χ1v) is 11.4. The highest BCUT2D eigenvalue weighted by Gasteiger charge is 2.24. The summed E-state index contributed by atoms with van der Waals surface area (Å²) in [4.78, 5) is 27.6. The number of nitrogens with zero attached hydrogens (tertiary/aromatic N) is 1. The van der Waals surface area contributed by atoms with Crippen molar-refractivity contribution >= 4 is 22.8 Å². The van der Waals surface area contributed by atoms with E-state index < -0.39 is 0 Å². The second kappa shape index (κ2) is 9.98. The lowest BCUT2D eigenvalue weighted by Gasteiger charge is -2.21. The molecule has 2 heterocycles. The van der Waals surface area contributed by atoms with Crippen molar-refractivity contribution in [3.63, 3.8) is 0 Å². The van der Waals surface area contributed by atoms with Crippen molar-refractivity contribution < 1.29 is 23.5 Å². The summed E-state index contributed by atoms with van der Waals surface area (Å²) in [5.74, 6) is 1.58. The smallest absolute Gasteiger partial charge is 0.260 e. The molecular weight excluding hydrogens is 420 g/mol. The van der Waals surface area contributed by atoms with Gasteiger partial charge in [0.2, 0.25) is 0 Å². The molecule has 2 aromatic carbocycles. The van der Waals surface area contributed by atoms with Gasteiger partial charge in [-0.05, 0) is 50.5 Å². The highest BCUT2D eigenvalue weighted by atomic mass is 16.5. The zero-order valence-electron chi connectivity index (χ0n) is 19.3.